The third-order valence-corrected chi connectivity index (χ3v) is 2.64. The number of nitrogens with two attached hydrogens (primary N) is 1. The van der Waals surface area contributed by atoms with Gasteiger partial charge in [0, 0.05) is 11.6 Å². The second-order valence-electron chi connectivity index (χ2n) is 3.09. The molecular weight excluding hydrogens is 281 g/mol. The Balaban J connectivity index is 2.60. The lowest BCUT2D eigenvalue weighted by molar-refractivity contribution is 0.253. The summed E-state index contributed by atoms with van der Waals surface area (Å²) in [6.45, 7) is 0.714. The molecule has 1 rings (SSSR count). The lowest BCUT2D eigenvalue weighted by atomic mass is 10.3. The van der Waals surface area contributed by atoms with Crippen LogP contribution in [0.4, 0.5) is 5.69 Å². The van der Waals surface area contributed by atoms with Crippen LogP contribution in [-0.4, -0.2) is 18.3 Å². The van der Waals surface area contributed by atoms with Gasteiger partial charge in [-0.05, 0) is 40.9 Å². The molecule has 0 saturated carbocycles. The quantitative estimate of drug-likeness (QED) is 0.648. The SMILES string of the molecule is Nc1cc(Cl)cc(Br)c1OCCCCO. The van der Waals surface area contributed by atoms with Gasteiger partial charge in [-0.1, -0.05) is 11.6 Å². The Labute approximate surface area is 102 Å². The van der Waals surface area contributed by atoms with Crippen LogP contribution in [0, 0.1) is 0 Å². The van der Waals surface area contributed by atoms with Gasteiger partial charge in [0.1, 0.15) is 0 Å². The lowest BCUT2D eigenvalue weighted by Gasteiger charge is -2.10. The van der Waals surface area contributed by atoms with Gasteiger partial charge < -0.3 is 15.6 Å². The number of aliphatic hydroxyl groups is 1. The molecule has 0 aliphatic carbocycles. The Kier molecular flexibility index (Phi) is 5.22. The Bertz CT molecular complexity index is 310. The largest absolute Gasteiger partial charge is 0.490 e. The molecule has 0 radical (unpaired) electrons. The van der Waals surface area contributed by atoms with Crippen LogP contribution in [-0.2, 0) is 0 Å². The number of nitrogen functional groups attached to an aromatic ring is 1. The van der Waals surface area contributed by atoms with Crippen molar-refractivity contribution in [2.45, 2.75) is 12.8 Å². The molecule has 0 amide bonds. The van der Waals surface area contributed by atoms with Crippen LogP contribution in [0.2, 0.25) is 5.02 Å². The third kappa shape index (κ3) is 3.89. The van der Waals surface area contributed by atoms with Gasteiger partial charge in [0.2, 0.25) is 0 Å². The molecule has 0 spiro atoms. The van der Waals surface area contributed by atoms with E-state index in [9.17, 15) is 0 Å². The van der Waals surface area contributed by atoms with Crippen LogP contribution in [0.5, 0.6) is 5.75 Å². The van der Waals surface area contributed by atoms with E-state index in [0.717, 1.165) is 17.3 Å². The molecule has 3 N–H and O–H groups in total. The van der Waals surface area contributed by atoms with E-state index in [1.54, 1.807) is 12.1 Å². The smallest absolute Gasteiger partial charge is 0.156 e. The zero-order valence-corrected chi connectivity index (χ0v) is 10.5. The number of benzene rings is 1. The molecule has 1 aromatic carbocycles. The molecule has 84 valence electrons. The second-order valence-corrected chi connectivity index (χ2v) is 4.38. The number of unbranched alkanes of at least 4 members (excludes halogenated alkanes) is 1. The van der Waals surface area contributed by atoms with Crippen molar-refractivity contribution in [3.8, 4) is 5.75 Å². The van der Waals surface area contributed by atoms with E-state index in [4.69, 9.17) is 27.2 Å². The topological polar surface area (TPSA) is 55.5 Å². The summed E-state index contributed by atoms with van der Waals surface area (Å²) < 4.78 is 6.23. The van der Waals surface area contributed by atoms with Crippen LogP contribution >= 0.6 is 27.5 Å². The van der Waals surface area contributed by atoms with E-state index < -0.39 is 0 Å². The van der Waals surface area contributed by atoms with Gasteiger partial charge >= 0.3 is 0 Å². The molecule has 0 heterocycles. The number of anilines is 1. The van der Waals surface area contributed by atoms with Crippen molar-refractivity contribution >= 4 is 33.2 Å². The van der Waals surface area contributed by atoms with E-state index in [-0.39, 0.29) is 6.61 Å². The summed E-state index contributed by atoms with van der Waals surface area (Å²) in [6.07, 6.45) is 1.52. The number of ether oxygens (including phenoxy) is 1. The van der Waals surface area contributed by atoms with Crippen LogP contribution in [0.15, 0.2) is 16.6 Å². The third-order valence-electron chi connectivity index (χ3n) is 1.84. The van der Waals surface area contributed by atoms with Gasteiger partial charge in [0.15, 0.2) is 5.75 Å². The van der Waals surface area contributed by atoms with Gasteiger partial charge in [-0.25, -0.2) is 0 Å². The van der Waals surface area contributed by atoms with Crippen LogP contribution in [0.3, 0.4) is 0 Å². The van der Waals surface area contributed by atoms with Crippen molar-refractivity contribution in [3.05, 3.63) is 21.6 Å². The van der Waals surface area contributed by atoms with E-state index in [1.165, 1.54) is 0 Å². The normalized spacial score (nSPS) is 10.3. The molecule has 0 aromatic heterocycles. The Morgan fingerprint density at radius 2 is 2.13 bits per heavy atom. The summed E-state index contributed by atoms with van der Waals surface area (Å²) >= 11 is 9.14. The van der Waals surface area contributed by atoms with E-state index in [1.807, 2.05) is 0 Å². The maximum absolute atomic E-state index is 8.60. The van der Waals surface area contributed by atoms with Crippen molar-refractivity contribution in [1.82, 2.24) is 0 Å². The van der Waals surface area contributed by atoms with E-state index in [0.29, 0.717) is 23.1 Å². The Hall–Kier alpha value is -0.450. The van der Waals surface area contributed by atoms with Gasteiger partial charge in [-0.2, -0.15) is 0 Å². The van der Waals surface area contributed by atoms with Gasteiger partial charge in [0.05, 0.1) is 16.8 Å². The molecule has 0 fully saturated rings. The minimum Gasteiger partial charge on any atom is -0.490 e. The molecular formula is C10H13BrClNO2. The zero-order valence-electron chi connectivity index (χ0n) is 8.17. The van der Waals surface area contributed by atoms with Crippen molar-refractivity contribution < 1.29 is 9.84 Å². The maximum atomic E-state index is 8.60. The molecule has 0 aliphatic rings. The van der Waals surface area contributed by atoms with Crippen molar-refractivity contribution in [2.24, 2.45) is 0 Å². The highest BCUT2D eigenvalue weighted by atomic mass is 79.9. The summed E-state index contributed by atoms with van der Waals surface area (Å²) in [4.78, 5) is 0. The molecule has 0 saturated heterocycles. The minimum absolute atomic E-state index is 0.181. The Morgan fingerprint density at radius 3 is 2.73 bits per heavy atom. The highest BCUT2D eigenvalue weighted by Crippen LogP contribution is 2.34. The van der Waals surface area contributed by atoms with Gasteiger partial charge in [0.25, 0.3) is 0 Å². The monoisotopic (exact) mass is 293 g/mol. The van der Waals surface area contributed by atoms with Crippen molar-refractivity contribution in [3.63, 3.8) is 0 Å². The molecule has 0 atom stereocenters. The van der Waals surface area contributed by atoms with Crippen LogP contribution in [0.1, 0.15) is 12.8 Å². The summed E-state index contributed by atoms with van der Waals surface area (Å²) in [6, 6.07) is 3.38. The first kappa shape index (κ1) is 12.6. The first-order chi connectivity index (χ1) is 7.15. The first-order valence-electron chi connectivity index (χ1n) is 4.63. The number of hydrogen-bond acceptors (Lipinski definition) is 3. The zero-order chi connectivity index (χ0) is 11.3. The second kappa shape index (κ2) is 6.20. The molecule has 5 heteroatoms. The summed E-state index contributed by atoms with van der Waals surface area (Å²) in [7, 11) is 0. The number of hydrogen-bond donors (Lipinski definition) is 2. The molecule has 0 bridgehead atoms. The van der Waals surface area contributed by atoms with E-state index in [2.05, 4.69) is 15.9 Å². The predicted molar refractivity (Wildman–Crippen MR) is 65.4 cm³/mol. The summed E-state index contributed by atoms with van der Waals surface area (Å²) in [5.41, 5.74) is 6.26. The van der Waals surface area contributed by atoms with E-state index >= 15 is 0 Å². The highest BCUT2D eigenvalue weighted by molar-refractivity contribution is 9.10. The van der Waals surface area contributed by atoms with Crippen LogP contribution < -0.4 is 10.5 Å². The lowest BCUT2D eigenvalue weighted by Crippen LogP contribution is -2.02. The van der Waals surface area contributed by atoms with Gasteiger partial charge in [-0.3, -0.25) is 0 Å². The fourth-order valence-electron chi connectivity index (χ4n) is 1.12. The minimum atomic E-state index is 0.181. The van der Waals surface area contributed by atoms with Crippen LogP contribution in [0.25, 0.3) is 0 Å². The van der Waals surface area contributed by atoms with Crippen molar-refractivity contribution in [2.75, 3.05) is 18.9 Å². The highest BCUT2D eigenvalue weighted by Gasteiger charge is 2.07. The number of rotatable bonds is 5. The molecule has 1 aromatic rings. The number of halogens is 2. The fraction of sp³-hybridized carbons (Fsp3) is 0.400. The predicted octanol–water partition coefficient (Wildman–Crippen LogP) is 2.84. The van der Waals surface area contributed by atoms with Crippen molar-refractivity contribution in [1.29, 1.82) is 0 Å². The average Bonchev–Trinajstić information content (AvgIpc) is 2.15. The Morgan fingerprint density at radius 1 is 1.40 bits per heavy atom. The molecule has 3 nitrogen and oxygen atoms in total. The molecule has 0 unspecified atom stereocenters. The van der Waals surface area contributed by atoms with Gasteiger partial charge in [-0.15, -0.1) is 0 Å². The fourth-order valence-corrected chi connectivity index (χ4v) is 2.07. The summed E-state index contributed by atoms with van der Waals surface area (Å²) in [5.74, 6) is 0.609. The maximum Gasteiger partial charge on any atom is 0.156 e. The molecule has 15 heavy (non-hydrogen) atoms. The average molecular weight is 295 g/mol. The standard InChI is InChI=1S/C10H13BrClNO2/c11-8-5-7(12)6-9(13)10(8)15-4-2-1-3-14/h5-6,14H,1-4,13H2. The number of aliphatic hydroxyl groups excluding tert-OH is 1. The summed E-state index contributed by atoms with van der Waals surface area (Å²) in [5, 5.41) is 9.17. The molecule has 0 aliphatic heterocycles. The first-order valence-corrected chi connectivity index (χ1v) is 5.80.